The molecule has 36 heavy (non-hydrogen) atoms. The van der Waals surface area contributed by atoms with E-state index in [1.165, 1.54) is 11.6 Å². The molecule has 0 spiro atoms. The number of para-hydroxylation sites is 1. The maximum Gasteiger partial charge on any atom is 0.254 e. The van der Waals surface area contributed by atoms with E-state index in [1.54, 1.807) is 28.0 Å². The third kappa shape index (κ3) is 3.35. The van der Waals surface area contributed by atoms with E-state index in [-0.39, 0.29) is 36.6 Å². The van der Waals surface area contributed by atoms with Gasteiger partial charge in [0.25, 0.3) is 5.91 Å². The maximum atomic E-state index is 14.2. The van der Waals surface area contributed by atoms with E-state index >= 15 is 0 Å². The van der Waals surface area contributed by atoms with E-state index < -0.39 is 5.54 Å². The summed E-state index contributed by atoms with van der Waals surface area (Å²) in [6.45, 7) is 4.62. The fraction of sp³-hybridized carbons (Fsp3) is 0.267. The zero-order valence-corrected chi connectivity index (χ0v) is 20.4. The number of nitrogens with one attached hydrogen (secondary N) is 1. The first kappa shape index (κ1) is 22.5. The van der Waals surface area contributed by atoms with Gasteiger partial charge in [0.05, 0.1) is 12.2 Å². The van der Waals surface area contributed by atoms with Gasteiger partial charge in [0, 0.05) is 29.9 Å². The molecule has 0 bridgehead atoms. The van der Waals surface area contributed by atoms with Gasteiger partial charge in [-0.1, -0.05) is 66.2 Å². The van der Waals surface area contributed by atoms with Crippen molar-refractivity contribution < 1.29 is 14.0 Å². The molecule has 5 nitrogen and oxygen atoms in total. The number of hydrogen-bond donors (Lipinski definition) is 1. The molecule has 6 rings (SSSR count). The average molecular weight is 482 g/mol. The van der Waals surface area contributed by atoms with Gasteiger partial charge in [0.15, 0.2) is 5.54 Å². The number of carbonyl (C=O) groups is 2. The number of nitrogens with zero attached hydrogens (tertiary/aromatic N) is 2. The summed E-state index contributed by atoms with van der Waals surface area (Å²) in [5.41, 5.74) is 4.48. The van der Waals surface area contributed by atoms with Gasteiger partial charge in [0.2, 0.25) is 5.91 Å². The molecule has 0 aliphatic carbocycles. The predicted octanol–water partition coefficient (Wildman–Crippen LogP) is 4.89. The minimum Gasteiger partial charge on any atom is -0.356 e. The Bertz CT molecular complexity index is 1490. The molecule has 0 unspecified atom stereocenters. The highest BCUT2D eigenvalue weighted by Crippen LogP contribution is 2.48. The quantitative estimate of drug-likeness (QED) is 0.451. The third-order valence-corrected chi connectivity index (χ3v) is 7.91. The van der Waals surface area contributed by atoms with Crippen molar-refractivity contribution in [2.75, 3.05) is 19.6 Å². The van der Waals surface area contributed by atoms with Crippen molar-refractivity contribution in [3.8, 4) is 0 Å². The summed E-state index contributed by atoms with van der Waals surface area (Å²) < 4.78 is 14.2. The van der Waals surface area contributed by atoms with Gasteiger partial charge in [-0.2, -0.15) is 0 Å². The van der Waals surface area contributed by atoms with Crippen LogP contribution in [-0.2, 0) is 21.5 Å². The molecule has 6 heteroatoms. The molecule has 0 radical (unpaired) electrons. The number of benzene rings is 3. The van der Waals surface area contributed by atoms with Crippen LogP contribution in [0.4, 0.5) is 4.39 Å². The minimum atomic E-state index is -1.15. The predicted molar refractivity (Wildman–Crippen MR) is 137 cm³/mol. The van der Waals surface area contributed by atoms with E-state index in [0.717, 1.165) is 27.7 Å². The molecule has 1 fully saturated rings. The number of aromatic nitrogens is 1. The van der Waals surface area contributed by atoms with Crippen LogP contribution in [0.5, 0.6) is 0 Å². The Morgan fingerprint density at radius 2 is 1.72 bits per heavy atom. The summed E-state index contributed by atoms with van der Waals surface area (Å²) in [6.07, 6.45) is 0.354. The second kappa shape index (κ2) is 8.33. The number of rotatable bonds is 4. The summed E-state index contributed by atoms with van der Waals surface area (Å²) in [5.74, 6) is -0.565. The maximum absolute atomic E-state index is 14.2. The van der Waals surface area contributed by atoms with Crippen LogP contribution in [0, 0.1) is 12.7 Å². The number of carbonyl (C=O) groups excluding carboxylic acids is 2. The number of hydrogen-bond acceptors (Lipinski definition) is 2. The number of aromatic amines is 1. The molecule has 2 aliphatic rings. The average Bonchev–Trinajstić information content (AvgIpc) is 3.28. The van der Waals surface area contributed by atoms with E-state index in [4.69, 9.17) is 0 Å². The smallest absolute Gasteiger partial charge is 0.254 e. The Balaban J connectivity index is 1.44. The molecule has 2 aliphatic heterocycles. The lowest BCUT2D eigenvalue weighted by molar-refractivity contribution is -0.166. The number of aryl methyl sites for hydroxylation is 1. The molecule has 2 amide bonds. The van der Waals surface area contributed by atoms with E-state index in [2.05, 4.69) is 42.2 Å². The Morgan fingerprint density at radius 1 is 1.00 bits per heavy atom. The van der Waals surface area contributed by atoms with Crippen LogP contribution in [0.15, 0.2) is 72.8 Å². The number of fused-ring (bicyclic) bond motifs is 5. The van der Waals surface area contributed by atoms with Crippen LogP contribution in [0.3, 0.4) is 0 Å². The van der Waals surface area contributed by atoms with Gasteiger partial charge >= 0.3 is 0 Å². The first-order valence-electron chi connectivity index (χ1n) is 12.4. The van der Waals surface area contributed by atoms with Crippen LogP contribution in [0.25, 0.3) is 10.9 Å². The van der Waals surface area contributed by atoms with Crippen molar-refractivity contribution in [1.82, 2.24) is 14.8 Å². The molecule has 4 aromatic rings. The van der Waals surface area contributed by atoms with Gasteiger partial charge in [-0.25, -0.2) is 4.39 Å². The second-order valence-corrected chi connectivity index (χ2v) is 10.1. The highest BCUT2D eigenvalue weighted by atomic mass is 19.1. The largest absolute Gasteiger partial charge is 0.356 e. The summed E-state index contributed by atoms with van der Waals surface area (Å²) in [5, 5.41) is 1.07. The van der Waals surface area contributed by atoms with Crippen molar-refractivity contribution in [2.24, 2.45) is 0 Å². The monoisotopic (exact) mass is 481 g/mol. The molecule has 3 aromatic carbocycles. The Labute approximate surface area is 209 Å². The van der Waals surface area contributed by atoms with Crippen LogP contribution in [-0.4, -0.2) is 46.2 Å². The molecule has 2 atom stereocenters. The molecule has 0 saturated carbocycles. The first-order valence-corrected chi connectivity index (χ1v) is 12.4. The van der Waals surface area contributed by atoms with Crippen molar-refractivity contribution in [1.29, 1.82) is 0 Å². The van der Waals surface area contributed by atoms with Crippen molar-refractivity contribution in [2.45, 2.75) is 31.7 Å². The first-order chi connectivity index (χ1) is 17.4. The molecule has 3 heterocycles. The Kier molecular flexibility index (Phi) is 5.21. The van der Waals surface area contributed by atoms with Gasteiger partial charge < -0.3 is 14.8 Å². The van der Waals surface area contributed by atoms with Crippen LogP contribution < -0.4 is 0 Å². The summed E-state index contributed by atoms with van der Waals surface area (Å²) >= 11 is 0. The molecule has 182 valence electrons. The number of halogens is 1. The summed E-state index contributed by atoms with van der Waals surface area (Å²) in [6, 6.07) is 23.1. The summed E-state index contributed by atoms with van der Waals surface area (Å²) in [4.78, 5) is 34.5. The van der Waals surface area contributed by atoms with E-state index in [0.29, 0.717) is 18.5 Å². The van der Waals surface area contributed by atoms with Crippen molar-refractivity contribution in [3.63, 3.8) is 0 Å². The Morgan fingerprint density at radius 3 is 2.50 bits per heavy atom. The molecule has 1 N–H and O–H groups in total. The molecular formula is C30H28FN3O2. The van der Waals surface area contributed by atoms with Crippen LogP contribution in [0.2, 0.25) is 0 Å². The van der Waals surface area contributed by atoms with Crippen LogP contribution >= 0.6 is 0 Å². The zero-order valence-electron chi connectivity index (χ0n) is 20.4. The number of H-pyrrole nitrogens is 1. The van der Waals surface area contributed by atoms with Crippen molar-refractivity contribution >= 4 is 22.7 Å². The second-order valence-electron chi connectivity index (χ2n) is 10.1. The lowest BCUT2D eigenvalue weighted by Crippen LogP contribution is -2.67. The number of amides is 2. The lowest BCUT2D eigenvalue weighted by atomic mass is 9.76. The standard InChI is InChI=1S/C30H28FN3O2/c1-19-11-13-20(14-12-19)23-17-34-26(35)18-33(16-15-21-7-3-5-9-24(21)31)29(36)30(34,2)28-27(23)22-8-4-6-10-25(22)32-28/h3-14,23,32H,15-18H2,1-2H3/t23-,30+/m1/s1. The van der Waals surface area contributed by atoms with Gasteiger partial charge in [-0.05, 0) is 49.1 Å². The lowest BCUT2D eigenvalue weighted by Gasteiger charge is -2.51. The van der Waals surface area contributed by atoms with E-state index in [1.807, 2.05) is 25.1 Å². The third-order valence-electron chi connectivity index (χ3n) is 7.91. The Hall–Kier alpha value is -3.93. The number of piperazine rings is 1. The zero-order chi connectivity index (χ0) is 25.0. The molecule has 1 saturated heterocycles. The normalized spacial score (nSPS) is 21.6. The van der Waals surface area contributed by atoms with Gasteiger partial charge in [-0.3, -0.25) is 9.59 Å². The van der Waals surface area contributed by atoms with Gasteiger partial charge in [-0.15, -0.1) is 0 Å². The highest BCUT2D eigenvalue weighted by Gasteiger charge is 2.56. The fourth-order valence-corrected chi connectivity index (χ4v) is 5.91. The van der Waals surface area contributed by atoms with Crippen LogP contribution in [0.1, 0.15) is 40.8 Å². The van der Waals surface area contributed by atoms with E-state index in [9.17, 15) is 14.0 Å². The topological polar surface area (TPSA) is 56.4 Å². The van der Waals surface area contributed by atoms with Gasteiger partial charge in [0.1, 0.15) is 5.82 Å². The molecular weight excluding hydrogens is 453 g/mol. The SMILES string of the molecule is Cc1ccc([C@H]2CN3C(=O)CN(CCc4ccccc4F)C(=O)[C@]3(C)c3[nH]c4ccccc4c32)cc1. The highest BCUT2D eigenvalue weighted by molar-refractivity contribution is 6.01. The fourth-order valence-electron chi connectivity index (χ4n) is 5.91. The van der Waals surface area contributed by atoms with Crippen molar-refractivity contribution in [3.05, 3.63) is 107 Å². The molecule has 1 aromatic heterocycles. The minimum absolute atomic E-state index is 0.000937. The summed E-state index contributed by atoms with van der Waals surface area (Å²) in [7, 11) is 0.